The third kappa shape index (κ3) is 9.77. The van der Waals surface area contributed by atoms with Crippen LogP contribution in [0.2, 0.25) is 0 Å². The molecule has 0 fully saturated rings. The van der Waals surface area contributed by atoms with Gasteiger partial charge >= 0.3 is 6.09 Å². The van der Waals surface area contributed by atoms with Crippen LogP contribution < -0.4 is 10.6 Å². The van der Waals surface area contributed by atoms with E-state index in [1.807, 2.05) is 20.8 Å². The minimum atomic E-state index is -0.580. The topological polar surface area (TPSA) is 67.4 Å². The number of hydrogen-bond donors (Lipinski definition) is 2. The van der Waals surface area contributed by atoms with E-state index in [2.05, 4.69) is 31.4 Å². The maximum Gasteiger partial charge on any atom is 0.408 e. The van der Waals surface area contributed by atoms with Crippen LogP contribution in [0.25, 0.3) is 0 Å². The van der Waals surface area contributed by atoms with E-state index in [1.54, 1.807) is 20.8 Å². The quantitative estimate of drug-likeness (QED) is 0.817. The number of carbonyl (C=O) groups excluding carboxylic acids is 2. The van der Waals surface area contributed by atoms with Crippen LogP contribution in [0.15, 0.2) is 0 Å². The van der Waals surface area contributed by atoms with E-state index >= 15 is 0 Å². The Balaban J connectivity index is 4.81. The van der Waals surface area contributed by atoms with Crippen molar-refractivity contribution >= 4 is 11.9 Å². The average Bonchev–Trinajstić information content (AvgIpc) is 2.20. The second kappa shape index (κ2) is 7.44. The van der Waals surface area contributed by atoms with Crippen LogP contribution in [-0.4, -0.2) is 35.6 Å². The normalized spacial score (nSPS) is 14.4. The van der Waals surface area contributed by atoms with Gasteiger partial charge in [0.15, 0.2) is 5.78 Å². The fourth-order valence-electron chi connectivity index (χ4n) is 1.83. The number of Topliss-reactive ketones (excluding diaryl/α,β-unsaturated/α-hetero) is 1. The molecule has 0 heterocycles. The van der Waals surface area contributed by atoms with Crippen LogP contribution in [0.1, 0.15) is 68.7 Å². The molecule has 0 rings (SSSR count). The maximum absolute atomic E-state index is 12.5. The Labute approximate surface area is 135 Å². The first-order valence-electron chi connectivity index (χ1n) is 7.91. The van der Waals surface area contributed by atoms with Crippen LogP contribution in [0.5, 0.6) is 0 Å². The Morgan fingerprint density at radius 2 is 1.45 bits per heavy atom. The van der Waals surface area contributed by atoms with Crippen molar-refractivity contribution in [1.82, 2.24) is 10.6 Å². The number of ketones is 1. The SMILES string of the molecule is CC(C)(C)NCCC(NC(=O)OC(C)(C)C)C(=O)C(C)(C)C. The number of amides is 1. The molecule has 0 aliphatic heterocycles. The predicted octanol–water partition coefficient (Wildman–Crippen LogP) is 3.27. The number of nitrogens with one attached hydrogen (secondary N) is 2. The molecule has 1 unspecified atom stereocenters. The number of rotatable bonds is 5. The lowest BCUT2D eigenvalue weighted by Gasteiger charge is -2.28. The van der Waals surface area contributed by atoms with E-state index in [0.717, 1.165) is 0 Å². The molecule has 1 amide bonds. The molecule has 5 nitrogen and oxygen atoms in total. The summed E-state index contributed by atoms with van der Waals surface area (Å²) in [5.41, 5.74) is -1.12. The van der Waals surface area contributed by atoms with Crippen molar-refractivity contribution in [2.45, 2.75) is 85.9 Å². The number of ether oxygens (including phenoxy) is 1. The van der Waals surface area contributed by atoms with Crippen molar-refractivity contribution in [2.24, 2.45) is 5.41 Å². The van der Waals surface area contributed by atoms with Gasteiger partial charge in [-0.1, -0.05) is 20.8 Å². The smallest absolute Gasteiger partial charge is 0.408 e. The fraction of sp³-hybridized carbons (Fsp3) is 0.882. The highest BCUT2D eigenvalue weighted by Crippen LogP contribution is 2.19. The monoisotopic (exact) mass is 314 g/mol. The predicted molar refractivity (Wildman–Crippen MR) is 90.0 cm³/mol. The highest BCUT2D eigenvalue weighted by Gasteiger charge is 2.31. The van der Waals surface area contributed by atoms with Crippen molar-refractivity contribution in [3.8, 4) is 0 Å². The van der Waals surface area contributed by atoms with Gasteiger partial charge in [-0.3, -0.25) is 4.79 Å². The summed E-state index contributed by atoms with van der Waals surface area (Å²) >= 11 is 0. The zero-order valence-corrected chi connectivity index (χ0v) is 15.7. The van der Waals surface area contributed by atoms with Gasteiger partial charge < -0.3 is 15.4 Å². The standard InChI is InChI=1S/C17H34N2O3/c1-15(2,3)13(20)12(10-11-18-16(4,5)6)19-14(21)22-17(7,8)9/h12,18H,10-11H2,1-9H3,(H,19,21). The zero-order chi connectivity index (χ0) is 17.8. The van der Waals surface area contributed by atoms with Crippen LogP contribution in [0.4, 0.5) is 4.79 Å². The minimum absolute atomic E-state index is 0.00840. The van der Waals surface area contributed by atoms with Crippen LogP contribution in [-0.2, 0) is 9.53 Å². The van der Waals surface area contributed by atoms with Gasteiger partial charge in [0.05, 0.1) is 6.04 Å². The Kier molecular flexibility index (Phi) is 7.07. The Hall–Kier alpha value is -1.10. The van der Waals surface area contributed by atoms with Crippen molar-refractivity contribution in [3.63, 3.8) is 0 Å². The highest BCUT2D eigenvalue weighted by molar-refractivity contribution is 5.91. The van der Waals surface area contributed by atoms with Gasteiger partial charge in [-0.25, -0.2) is 4.79 Å². The van der Waals surface area contributed by atoms with Crippen molar-refractivity contribution in [3.05, 3.63) is 0 Å². The first-order chi connectivity index (χ1) is 9.62. The largest absolute Gasteiger partial charge is 0.444 e. The van der Waals surface area contributed by atoms with Gasteiger partial charge in [0.25, 0.3) is 0 Å². The molecular formula is C17H34N2O3. The second-order valence-electron chi connectivity index (χ2n) is 8.78. The van der Waals surface area contributed by atoms with Gasteiger partial charge in [0, 0.05) is 11.0 Å². The molecule has 0 bridgehead atoms. The Morgan fingerprint density at radius 3 is 1.82 bits per heavy atom. The minimum Gasteiger partial charge on any atom is -0.444 e. The number of hydrogen-bond acceptors (Lipinski definition) is 4. The number of alkyl carbamates (subject to hydrolysis) is 1. The fourth-order valence-corrected chi connectivity index (χ4v) is 1.83. The van der Waals surface area contributed by atoms with Gasteiger partial charge in [0.2, 0.25) is 0 Å². The Morgan fingerprint density at radius 1 is 0.955 bits per heavy atom. The summed E-state index contributed by atoms with van der Waals surface area (Å²) in [5, 5.41) is 6.05. The van der Waals surface area contributed by atoms with Crippen molar-refractivity contribution < 1.29 is 14.3 Å². The molecule has 0 aliphatic rings. The summed E-state index contributed by atoms with van der Waals surface area (Å²) in [5.74, 6) is 0.00840. The zero-order valence-electron chi connectivity index (χ0n) is 15.7. The van der Waals surface area contributed by atoms with E-state index < -0.39 is 23.2 Å². The van der Waals surface area contributed by atoms with Crippen molar-refractivity contribution in [2.75, 3.05) is 6.54 Å². The maximum atomic E-state index is 12.5. The molecule has 0 aliphatic carbocycles. The van der Waals surface area contributed by atoms with E-state index in [9.17, 15) is 9.59 Å². The van der Waals surface area contributed by atoms with E-state index in [0.29, 0.717) is 13.0 Å². The summed E-state index contributed by atoms with van der Waals surface area (Å²) in [6.07, 6.45) is -0.0158. The molecule has 22 heavy (non-hydrogen) atoms. The molecule has 130 valence electrons. The summed E-state index contributed by atoms with van der Waals surface area (Å²) in [6, 6.07) is -0.551. The van der Waals surface area contributed by atoms with Crippen LogP contribution in [0, 0.1) is 5.41 Å². The molecule has 2 N–H and O–H groups in total. The molecule has 0 saturated carbocycles. The molecule has 1 atom stereocenters. The van der Waals surface area contributed by atoms with E-state index in [-0.39, 0.29) is 11.3 Å². The molecule has 0 aromatic heterocycles. The van der Waals surface area contributed by atoms with Gasteiger partial charge in [-0.2, -0.15) is 0 Å². The molecule has 0 saturated heterocycles. The van der Waals surface area contributed by atoms with E-state index in [1.165, 1.54) is 0 Å². The first-order valence-corrected chi connectivity index (χ1v) is 7.91. The Bertz CT molecular complexity index is 384. The van der Waals surface area contributed by atoms with Crippen LogP contribution in [0.3, 0.4) is 0 Å². The van der Waals surface area contributed by atoms with Crippen LogP contribution >= 0.6 is 0 Å². The molecular weight excluding hydrogens is 280 g/mol. The summed E-state index contributed by atoms with van der Waals surface area (Å²) in [4.78, 5) is 24.5. The molecule has 0 spiro atoms. The summed E-state index contributed by atoms with van der Waals surface area (Å²) in [7, 11) is 0. The van der Waals surface area contributed by atoms with Gasteiger partial charge in [-0.15, -0.1) is 0 Å². The molecule has 0 aromatic carbocycles. The lowest BCUT2D eigenvalue weighted by atomic mass is 9.85. The summed E-state index contributed by atoms with van der Waals surface area (Å²) in [6.45, 7) is 17.8. The second-order valence-corrected chi connectivity index (χ2v) is 8.78. The lowest BCUT2D eigenvalue weighted by molar-refractivity contribution is -0.128. The number of carbonyl (C=O) groups is 2. The molecule has 0 aromatic rings. The molecule has 5 heteroatoms. The van der Waals surface area contributed by atoms with Gasteiger partial charge in [0.1, 0.15) is 5.60 Å². The lowest BCUT2D eigenvalue weighted by Crippen LogP contribution is -2.49. The molecule has 0 radical (unpaired) electrons. The summed E-state index contributed by atoms with van der Waals surface area (Å²) < 4.78 is 5.26. The van der Waals surface area contributed by atoms with Crippen molar-refractivity contribution in [1.29, 1.82) is 0 Å². The third-order valence-corrected chi connectivity index (χ3v) is 2.83. The highest BCUT2D eigenvalue weighted by atomic mass is 16.6. The van der Waals surface area contributed by atoms with E-state index in [4.69, 9.17) is 4.74 Å². The van der Waals surface area contributed by atoms with Gasteiger partial charge in [-0.05, 0) is 54.5 Å². The third-order valence-electron chi connectivity index (χ3n) is 2.83. The first kappa shape index (κ1) is 20.9. The average molecular weight is 314 g/mol.